The van der Waals surface area contributed by atoms with Gasteiger partial charge in [-0.3, -0.25) is 4.79 Å². The quantitative estimate of drug-likeness (QED) is 0.760. The van der Waals surface area contributed by atoms with E-state index in [9.17, 15) is 9.59 Å². The molecule has 2 fully saturated rings. The molecule has 1 N–H and O–H groups in total. The number of amides is 1. The first-order chi connectivity index (χ1) is 7.11. The Kier molecular flexibility index (Phi) is 2.67. The van der Waals surface area contributed by atoms with Gasteiger partial charge in [-0.1, -0.05) is 6.92 Å². The largest absolute Gasteiger partial charge is 0.480 e. The SMILES string of the molecule is CC(C(=O)N1CCC[C@H]1C(=O)O)C1CC1. The number of carboxylic acids is 1. The zero-order chi connectivity index (χ0) is 11.0. The van der Waals surface area contributed by atoms with Crippen molar-refractivity contribution in [2.24, 2.45) is 11.8 Å². The lowest BCUT2D eigenvalue weighted by Crippen LogP contribution is -2.43. The summed E-state index contributed by atoms with van der Waals surface area (Å²) in [5.41, 5.74) is 0. The summed E-state index contributed by atoms with van der Waals surface area (Å²) in [6.07, 6.45) is 3.68. The van der Waals surface area contributed by atoms with E-state index in [1.807, 2.05) is 6.92 Å². The molecule has 0 aromatic heterocycles. The third kappa shape index (κ3) is 1.98. The van der Waals surface area contributed by atoms with Crippen LogP contribution in [-0.2, 0) is 9.59 Å². The van der Waals surface area contributed by atoms with E-state index in [1.54, 1.807) is 4.90 Å². The number of hydrogen-bond acceptors (Lipinski definition) is 2. The highest BCUT2D eigenvalue weighted by atomic mass is 16.4. The molecule has 1 aliphatic carbocycles. The molecule has 4 nitrogen and oxygen atoms in total. The van der Waals surface area contributed by atoms with Crippen LogP contribution in [0.5, 0.6) is 0 Å². The molecule has 15 heavy (non-hydrogen) atoms. The highest BCUT2D eigenvalue weighted by Gasteiger charge is 2.40. The van der Waals surface area contributed by atoms with Crippen molar-refractivity contribution in [2.75, 3.05) is 6.54 Å². The van der Waals surface area contributed by atoms with Gasteiger partial charge in [0.25, 0.3) is 0 Å². The predicted octanol–water partition coefficient (Wildman–Crippen LogP) is 1.11. The van der Waals surface area contributed by atoms with Gasteiger partial charge < -0.3 is 10.0 Å². The third-order valence-electron chi connectivity index (χ3n) is 3.54. The molecule has 0 aromatic rings. The molecule has 1 heterocycles. The molecule has 84 valence electrons. The summed E-state index contributed by atoms with van der Waals surface area (Å²) in [5, 5.41) is 8.97. The Hall–Kier alpha value is -1.06. The minimum atomic E-state index is -0.858. The van der Waals surface area contributed by atoms with Gasteiger partial charge in [-0.25, -0.2) is 4.79 Å². The number of nitrogens with zero attached hydrogens (tertiary/aromatic N) is 1. The summed E-state index contributed by atoms with van der Waals surface area (Å²) < 4.78 is 0. The maximum atomic E-state index is 12.0. The molecular formula is C11H17NO3. The van der Waals surface area contributed by atoms with E-state index >= 15 is 0 Å². The Balaban J connectivity index is 2.01. The number of rotatable bonds is 3. The van der Waals surface area contributed by atoms with Crippen LogP contribution in [0.15, 0.2) is 0 Å². The molecule has 4 heteroatoms. The summed E-state index contributed by atoms with van der Waals surface area (Å²) in [4.78, 5) is 24.5. The highest BCUT2D eigenvalue weighted by molar-refractivity contribution is 5.85. The summed E-state index contributed by atoms with van der Waals surface area (Å²) in [5.74, 6) is -0.288. The lowest BCUT2D eigenvalue weighted by molar-refractivity contribution is -0.150. The molecule has 2 rings (SSSR count). The zero-order valence-corrected chi connectivity index (χ0v) is 8.98. The molecule has 2 atom stereocenters. The lowest BCUT2D eigenvalue weighted by Gasteiger charge is -2.24. The average Bonchev–Trinajstić information content (AvgIpc) is 2.92. The summed E-state index contributed by atoms with van der Waals surface area (Å²) >= 11 is 0. The van der Waals surface area contributed by atoms with Crippen LogP contribution in [0.4, 0.5) is 0 Å². The fourth-order valence-electron chi connectivity index (χ4n) is 2.35. The number of hydrogen-bond donors (Lipinski definition) is 1. The van der Waals surface area contributed by atoms with Gasteiger partial charge in [0, 0.05) is 12.5 Å². The normalized spacial score (nSPS) is 27.8. The van der Waals surface area contributed by atoms with E-state index in [0.29, 0.717) is 18.9 Å². The fourth-order valence-corrected chi connectivity index (χ4v) is 2.35. The van der Waals surface area contributed by atoms with Crippen molar-refractivity contribution < 1.29 is 14.7 Å². The molecule has 1 saturated heterocycles. The second-order valence-corrected chi connectivity index (χ2v) is 4.65. The van der Waals surface area contributed by atoms with Crippen molar-refractivity contribution >= 4 is 11.9 Å². The van der Waals surface area contributed by atoms with Gasteiger partial charge in [0.2, 0.25) is 5.91 Å². The molecule has 0 spiro atoms. The van der Waals surface area contributed by atoms with Crippen molar-refractivity contribution in [1.82, 2.24) is 4.90 Å². The topological polar surface area (TPSA) is 57.6 Å². The first-order valence-electron chi connectivity index (χ1n) is 5.64. The molecular weight excluding hydrogens is 194 g/mol. The molecule has 0 bridgehead atoms. The van der Waals surface area contributed by atoms with Crippen molar-refractivity contribution in [3.05, 3.63) is 0 Å². The van der Waals surface area contributed by atoms with Crippen LogP contribution in [0.1, 0.15) is 32.6 Å². The van der Waals surface area contributed by atoms with Crippen LogP contribution in [0, 0.1) is 11.8 Å². The van der Waals surface area contributed by atoms with E-state index in [0.717, 1.165) is 19.3 Å². The second kappa shape index (κ2) is 3.83. The monoisotopic (exact) mass is 211 g/mol. The van der Waals surface area contributed by atoms with Gasteiger partial charge >= 0.3 is 5.97 Å². The standard InChI is InChI=1S/C11H17NO3/c1-7(8-4-5-8)10(13)12-6-2-3-9(12)11(14)15/h7-9H,2-6H2,1H3,(H,14,15)/t7?,9-/m0/s1. The van der Waals surface area contributed by atoms with Gasteiger partial charge in [0.05, 0.1) is 0 Å². The number of aliphatic carboxylic acids is 1. The summed E-state index contributed by atoms with van der Waals surface area (Å²) in [6, 6.07) is -0.571. The van der Waals surface area contributed by atoms with Gasteiger partial charge in [-0.15, -0.1) is 0 Å². The van der Waals surface area contributed by atoms with Crippen molar-refractivity contribution in [3.63, 3.8) is 0 Å². The molecule has 1 unspecified atom stereocenters. The Bertz CT molecular complexity index is 286. The molecule has 0 aromatic carbocycles. The first kappa shape index (κ1) is 10.5. The molecule has 0 radical (unpaired) electrons. The van der Waals surface area contributed by atoms with Gasteiger partial charge in [0.1, 0.15) is 6.04 Å². The zero-order valence-electron chi connectivity index (χ0n) is 8.98. The van der Waals surface area contributed by atoms with Crippen molar-refractivity contribution in [1.29, 1.82) is 0 Å². The minimum absolute atomic E-state index is 0.0185. The van der Waals surface area contributed by atoms with E-state index in [2.05, 4.69) is 0 Å². The highest BCUT2D eigenvalue weighted by Crippen LogP contribution is 2.38. The molecule has 2 aliphatic rings. The smallest absolute Gasteiger partial charge is 0.326 e. The average molecular weight is 211 g/mol. The summed E-state index contributed by atoms with van der Waals surface area (Å²) in [7, 11) is 0. The lowest BCUT2D eigenvalue weighted by atomic mass is 10.0. The Morgan fingerprint density at radius 2 is 2.00 bits per heavy atom. The fraction of sp³-hybridized carbons (Fsp3) is 0.818. The maximum absolute atomic E-state index is 12.0. The van der Waals surface area contributed by atoms with Crippen LogP contribution in [-0.4, -0.2) is 34.5 Å². The van der Waals surface area contributed by atoms with E-state index in [-0.39, 0.29) is 11.8 Å². The minimum Gasteiger partial charge on any atom is -0.480 e. The van der Waals surface area contributed by atoms with Crippen molar-refractivity contribution in [2.45, 2.75) is 38.6 Å². The summed E-state index contributed by atoms with van der Waals surface area (Å²) in [6.45, 7) is 2.55. The first-order valence-corrected chi connectivity index (χ1v) is 5.64. The number of carbonyl (C=O) groups excluding carboxylic acids is 1. The van der Waals surface area contributed by atoms with Crippen LogP contribution in [0.3, 0.4) is 0 Å². The Labute approximate surface area is 89.3 Å². The van der Waals surface area contributed by atoms with Crippen LogP contribution < -0.4 is 0 Å². The van der Waals surface area contributed by atoms with Gasteiger partial charge in [-0.2, -0.15) is 0 Å². The van der Waals surface area contributed by atoms with E-state index < -0.39 is 12.0 Å². The van der Waals surface area contributed by atoms with Crippen LogP contribution >= 0.6 is 0 Å². The number of carboxylic acid groups (broad SMARTS) is 1. The number of likely N-dealkylation sites (tertiary alicyclic amines) is 1. The Morgan fingerprint density at radius 1 is 1.33 bits per heavy atom. The van der Waals surface area contributed by atoms with E-state index in [1.165, 1.54) is 0 Å². The molecule has 1 aliphatic heterocycles. The van der Waals surface area contributed by atoms with Crippen molar-refractivity contribution in [3.8, 4) is 0 Å². The predicted molar refractivity (Wildman–Crippen MR) is 54.3 cm³/mol. The van der Waals surface area contributed by atoms with E-state index in [4.69, 9.17) is 5.11 Å². The maximum Gasteiger partial charge on any atom is 0.326 e. The Morgan fingerprint density at radius 3 is 2.53 bits per heavy atom. The second-order valence-electron chi connectivity index (χ2n) is 4.65. The third-order valence-corrected chi connectivity index (χ3v) is 3.54. The van der Waals surface area contributed by atoms with Gasteiger partial charge in [0.15, 0.2) is 0 Å². The van der Waals surface area contributed by atoms with Crippen LogP contribution in [0.2, 0.25) is 0 Å². The molecule has 1 amide bonds. The number of carbonyl (C=O) groups is 2. The van der Waals surface area contributed by atoms with Crippen LogP contribution in [0.25, 0.3) is 0 Å². The van der Waals surface area contributed by atoms with Gasteiger partial charge in [-0.05, 0) is 31.6 Å². The molecule has 1 saturated carbocycles.